The molecule has 0 radical (unpaired) electrons. The fourth-order valence-corrected chi connectivity index (χ4v) is 2.44. The Kier molecular flexibility index (Phi) is 4.39. The summed E-state index contributed by atoms with van der Waals surface area (Å²) >= 11 is 0. The topological polar surface area (TPSA) is 46.3 Å². The molecule has 14 heavy (non-hydrogen) atoms. The van der Waals surface area contributed by atoms with Crippen LogP contribution in [0.2, 0.25) is 0 Å². The molecule has 0 spiro atoms. The van der Waals surface area contributed by atoms with Gasteiger partial charge in [-0.1, -0.05) is 20.3 Å². The molecule has 1 rings (SSSR count). The van der Waals surface area contributed by atoms with E-state index in [-0.39, 0.29) is 11.9 Å². The Morgan fingerprint density at radius 3 is 2.64 bits per heavy atom. The Labute approximate surface area is 86.6 Å². The summed E-state index contributed by atoms with van der Waals surface area (Å²) in [5, 5.41) is 0. The van der Waals surface area contributed by atoms with Gasteiger partial charge in [0.05, 0.1) is 6.04 Å². The van der Waals surface area contributed by atoms with Gasteiger partial charge in [-0.05, 0) is 31.7 Å². The zero-order chi connectivity index (χ0) is 10.6. The van der Waals surface area contributed by atoms with Gasteiger partial charge in [-0.15, -0.1) is 0 Å². The molecule has 1 heterocycles. The number of hydrogen-bond acceptors (Lipinski definition) is 2. The van der Waals surface area contributed by atoms with E-state index in [1.165, 1.54) is 12.8 Å². The number of hydrogen-bond donors (Lipinski definition) is 1. The van der Waals surface area contributed by atoms with Gasteiger partial charge in [-0.25, -0.2) is 0 Å². The van der Waals surface area contributed by atoms with Crippen LogP contribution >= 0.6 is 0 Å². The highest BCUT2D eigenvalue weighted by molar-refractivity contribution is 5.79. The van der Waals surface area contributed by atoms with Crippen LogP contribution in [0.4, 0.5) is 0 Å². The molecule has 2 unspecified atom stereocenters. The van der Waals surface area contributed by atoms with Gasteiger partial charge < -0.3 is 5.73 Å². The number of carbonyl (C=O) groups is 1. The average Bonchev–Trinajstić information content (AvgIpc) is 2.17. The molecule has 3 nitrogen and oxygen atoms in total. The Hall–Kier alpha value is -0.570. The van der Waals surface area contributed by atoms with Gasteiger partial charge in [0.15, 0.2) is 0 Å². The fourth-order valence-electron chi connectivity index (χ4n) is 2.44. The zero-order valence-corrected chi connectivity index (χ0v) is 9.33. The highest BCUT2D eigenvalue weighted by atomic mass is 16.1. The number of nitrogens with zero attached hydrogens (tertiary/aromatic N) is 1. The number of likely N-dealkylation sites (N-methyl/N-ethyl adjacent to an activating group) is 1. The molecule has 82 valence electrons. The first-order valence-corrected chi connectivity index (χ1v) is 5.72. The van der Waals surface area contributed by atoms with Crippen molar-refractivity contribution in [2.24, 2.45) is 11.7 Å². The molecule has 1 aliphatic heterocycles. The standard InChI is InChI=1S/C11H22N2O/c1-3-5-9-6-7-10(11(12)14)13(4-2)8-9/h9-10H,3-8H2,1-2H3,(H2,12,14). The first kappa shape index (κ1) is 11.5. The van der Waals surface area contributed by atoms with Crippen molar-refractivity contribution in [3.05, 3.63) is 0 Å². The van der Waals surface area contributed by atoms with Crippen molar-refractivity contribution < 1.29 is 4.79 Å². The van der Waals surface area contributed by atoms with Gasteiger partial charge in [-0.3, -0.25) is 9.69 Å². The third-order valence-corrected chi connectivity index (χ3v) is 3.21. The van der Waals surface area contributed by atoms with Gasteiger partial charge in [0, 0.05) is 6.54 Å². The number of piperidine rings is 1. The Bertz CT molecular complexity index is 194. The van der Waals surface area contributed by atoms with Crippen molar-refractivity contribution in [3.63, 3.8) is 0 Å². The maximum atomic E-state index is 11.2. The van der Waals surface area contributed by atoms with Gasteiger partial charge in [0.1, 0.15) is 0 Å². The van der Waals surface area contributed by atoms with Crippen LogP contribution in [0.1, 0.15) is 39.5 Å². The highest BCUT2D eigenvalue weighted by Crippen LogP contribution is 2.24. The van der Waals surface area contributed by atoms with Gasteiger partial charge >= 0.3 is 0 Å². The lowest BCUT2D eigenvalue weighted by Gasteiger charge is -2.37. The third-order valence-electron chi connectivity index (χ3n) is 3.21. The monoisotopic (exact) mass is 198 g/mol. The van der Waals surface area contributed by atoms with E-state index in [1.54, 1.807) is 0 Å². The van der Waals surface area contributed by atoms with Gasteiger partial charge in [0.2, 0.25) is 5.91 Å². The molecule has 1 amide bonds. The Morgan fingerprint density at radius 2 is 2.14 bits per heavy atom. The van der Waals surface area contributed by atoms with E-state index in [4.69, 9.17) is 5.73 Å². The van der Waals surface area contributed by atoms with E-state index in [0.29, 0.717) is 0 Å². The predicted molar refractivity (Wildman–Crippen MR) is 57.9 cm³/mol. The minimum absolute atomic E-state index is 0.00638. The lowest BCUT2D eigenvalue weighted by Crippen LogP contribution is -2.49. The van der Waals surface area contributed by atoms with Gasteiger partial charge in [0.25, 0.3) is 0 Å². The molecule has 1 fully saturated rings. The van der Waals surface area contributed by atoms with Crippen molar-refractivity contribution in [1.82, 2.24) is 4.90 Å². The number of primary amides is 1. The van der Waals surface area contributed by atoms with E-state index in [1.807, 2.05) is 0 Å². The number of carbonyl (C=O) groups excluding carboxylic acids is 1. The summed E-state index contributed by atoms with van der Waals surface area (Å²) in [4.78, 5) is 13.4. The van der Waals surface area contributed by atoms with Crippen LogP contribution in [0.5, 0.6) is 0 Å². The highest BCUT2D eigenvalue weighted by Gasteiger charge is 2.29. The largest absolute Gasteiger partial charge is 0.368 e. The quantitative estimate of drug-likeness (QED) is 0.741. The second-order valence-electron chi connectivity index (χ2n) is 4.24. The van der Waals surface area contributed by atoms with Crippen molar-refractivity contribution in [1.29, 1.82) is 0 Å². The molecular weight excluding hydrogens is 176 g/mol. The van der Waals surface area contributed by atoms with Crippen LogP contribution in [0.25, 0.3) is 0 Å². The van der Waals surface area contributed by atoms with Gasteiger partial charge in [-0.2, -0.15) is 0 Å². The first-order chi connectivity index (χ1) is 6.69. The Balaban J connectivity index is 2.50. The predicted octanol–water partition coefficient (Wildman–Crippen LogP) is 1.37. The molecule has 0 aromatic heterocycles. The molecule has 0 bridgehead atoms. The van der Waals surface area contributed by atoms with Crippen LogP contribution < -0.4 is 5.73 Å². The van der Waals surface area contributed by atoms with Crippen LogP contribution in [0.3, 0.4) is 0 Å². The molecule has 3 heteroatoms. The number of nitrogens with two attached hydrogens (primary N) is 1. The van der Waals surface area contributed by atoms with Crippen LogP contribution in [-0.4, -0.2) is 29.9 Å². The maximum Gasteiger partial charge on any atom is 0.234 e. The van der Waals surface area contributed by atoms with Crippen LogP contribution in [0, 0.1) is 5.92 Å². The lowest BCUT2D eigenvalue weighted by atomic mass is 9.89. The van der Waals surface area contributed by atoms with Crippen LogP contribution in [0.15, 0.2) is 0 Å². The first-order valence-electron chi connectivity index (χ1n) is 5.72. The molecule has 1 saturated heterocycles. The normalized spacial score (nSPS) is 29.0. The summed E-state index contributed by atoms with van der Waals surface area (Å²) in [5.74, 6) is 0.623. The van der Waals surface area contributed by atoms with E-state index >= 15 is 0 Å². The zero-order valence-electron chi connectivity index (χ0n) is 9.33. The summed E-state index contributed by atoms with van der Waals surface area (Å²) < 4.78 is 0. The molecule has 0 aromatic rings. The summed E-state index contributed by atoms with van der Waals surface area (Å²) in [6.45, 7) is 6.31. The number of amides is 1. The lowest BCUT2D eigenvalue weighted by molar-refractivity contribution is -0.124. The molecular formula is C11H22N2O. The number of rotatable bonds is 4. The molecule has 2 N–H and O–H groups in total. The van der Waals surface area contributed by atoms with Crippen molar-refractivity contribution in [2.45, 2.75) is 45.6 Å². The maximum absolute atomic E-state index is 11.2. The minimum Gasteiger partial charge on any atom is -0.368 e. The van der Waals surface area contributed by atoms with Crippen molar-refractivity contribution in [2.75, 3.05) is 13.1 Å². The summed E-state index contributed by atoms with van der Waals surface area (Å²) in [7, 11) is 0. The van der Waals surface area contributed by atoms with E-state index in [2.05, 4.69) is 18.7 Å². The second-order valence-corrected chi connectivity index (χ2v) is 4.24. The second kappa shape index (κ2) is 5.35. The third kappa shape index (κ3) is 2.71. The summed E-state index contributed by atoms with van der Waals surface area (Å²) in [6.07, 6.45) is 4.64. The van der Waals surface area contributed by atoms with Crippen molar-refractivity contribution >= 4 is 5.91 Å². The average molecular weight is 198 g/mol. The number of likely N-dealkylation sites (tertiary alicyclic amines) is 1. The molecule has 0 saturated carbocycles. The van der Waals surface area contributed by atoms with E-state index in [0.717, 1.165) is 31.8 Å². The molecule has 1 aliphatic rings. The molecule has 0 aromatic carbocycles. The smallest absolute Gasteiger partial charge is 0.234 e. The summed E-state index contributed by atoms with van der Waals surface area (Å²) in [6, 6.07) is -0.00638. The van der Waals surface area contributed by atoms with Crippen molar-refractivity contribution in [3.8, 4) is 0 Å². The SMILES string of the molecule is CCCC1CCC(C(N)=O)N(CC)C1. The Morgan fingerprint density at radius 1 is 1.43 bits per heavy atom. The van der Waals surface area contributed by atoms with Crippen LogP contribution in [-0.2, 0) is 4.79 Å². The van der Waals surface area contributed by atoms with E-state index < -0.39 is 0 Å². The minimum atomic E-state index is -0.151. The van der Waals surface area contributed by atoms with E-state index in [9.17, 15) is 4.79 Å². The molecule has 0 aliphatic carbocycles. The molecule has 2 atom stereocenters. The summed E-state index contributed by atoms with van der Waals surface area (Å²) in [5.41, 5.74) is 5.37. The fraction of sp³-hybridized carbons (Fsp3) is 0.909.